The van der Waals surface area contributed by atoms with Gasteiger partial charge in [-0.3, -0.25) is 0 Å². The molecule has 0 radical (unpaired) electrons. The molecule has 0 atom stereocenters. The maximum absolute atomic E-state index is 11.4. The Balaban J connectivity index is 0.000000405. The molecule has 0 fully saturated rings. The molecule has 0 spiro atoms. The van der Waals surface area contributed by atoms with Crippen molar-refractivity contribution < 1.29 is 21.9 Å². The third-order valence-electron chi connectivity index (χ3n) is 2.02. The van der Waals surface area contributed by atoms with E-state index in [0.717, 1.165) is 14.5 Å². The molecule has 0 heterocycles. The Kier molecular flexibility index (Phi) is 10.3. The molecule has 0 amide bonds. The van der Waals surface area contributed by atoms with Gasteiger partial charge in [-0.05, 0) is 0 Å². The number of Topliss-reactive ketones (excluding diaryl/α,β-unsaturated/α-hetero) is 1. The summed E-state index contributed by atoms with van der Waals surface area (Å²) in [6.07, 6.45) is 0.537. The molecule has 0 unspecified atom stereocenters. The van der Waals surface area contributed by atoms with Crippen molar-refractivity contribution in [2.24, 2.45) is 0 Å². The van der Waals surface area contributed by atoms with Crippen LogP contribution in [0.4, 0.5) is 0 Å². The van der Waals surface area contributed by atoms with Gasteiger partial charge >= 0.3 is 0 Å². The van der Waals surface area contributed by atoms with Gasteiger partial charge in [-0.1, -0.05) is 41.9 Å². The summed E-state index contributed by atoms with van der Waals surface area (Å²) in [6.45, 7) is 0. The van der Waals surface area contributed by atoms with E-state index in [2.05, 4.69) is 47.8 Å². The van der Waals surface area contributed by atoms with E-state index in [-0.39, 0.29) is 22.9 Å². The summed E-state index contributed by atoms with van der Waals surface area (Å²) in [7, 11) is 0. The zero-order valence-electron chi connectivity index (χ0n) is 9.35. The van der Waals surface area contributed by atoms with Crippen LogP contribution in [0.15, 0.2) is 51.4 Å². The standard InChI is InChI=1S/C8H6Br3O.C5H5.Fe/c9-4-3-7(12)5-1-2-6(10)8(5)11;1-2-4-5-3-1;/h1-2H,3-4H2;1-5H;/q-1;-5;. The van der Waals surface area contributed by atoms with Crippen LogP contribution in [0.1, 0.15) is 16.8 Å². The summed E-state index contributed by atoms with van der Waals surface area (Å²) in [5.74, 6) is 0.157. The minimum Gasteiger partial charge on any atom is -0.748 e. The molecule has 104 valence electrons. The molecule has 0 aliphatic carbocycles. The molecule has 5 heteroatoms. The maximum Gasteiger partial charge on any atom is 0.110 e. The van der Waals surface area contributed by atoms with E-state index in [1.807, 2.05) is 42.5 Å². The van der Waals surface area contributed by atoms with Crippen molar-refractivity contribution in [3.8, 4) is 0 Å². The normalized spacial score (nSPS) is 9.06. The number of alkyl halides is 1. The topological polar surface area (TPSA) is 17.1 Å². The van der Waals surface area contributed by atoms with Crippen molar-refractivity contribution >= 4 is 53.6 Å². The van der Waals surface area contributed by atoms with E-state index in [1.165, 1.54) is 0 Å². The second-order valence-electron chi connectivity index (χ2n) is 3.23. The number of carbonyl (C=O) groups is 1. The van der Waals surface area contributed by atoms with E-state index in [0.29, 0.717) is 11.8 Å². The summed E-state index contributed by atoms with van der Waals surface area (Å²) < 4.78 is 1.79. The van der Waals surface area contributed by atoms with E-state index >= 15 is 0 Å². The van der Waals surface area contributed by atoms with Gasteiger partial charge in [0.1, 0.15) is 5.78 Å². The maximum atomic E-state index is 11.4. The fraction of sp³-hybridized carbons (Fsp3) is 0.154. The van der Waals surface area contributed by atoms with Crippen LogP contribution in [0, 0.1) is 0 Å². The summed E-state index contributed by atoms with van der Waals surface area (Å²) in [5.41, 5.74) is 0.751. The first kappa shape index (κ1) is 18.3. The molecular weight excluding hydrogens is 468 g/mol. The smallest absolute Gasteiger partial charge is 0.110 e. The Morgan fingerprint density at radius 2 is 1.67 bits per heavy atom. The number of hydrogen-bond donors (Lipinski definition) is 0. The second-order valence-corrected chi connectivity index (χ2v) is 5.67. The molecule has 1 nitrogen and oxygen atoms in total. The molecule has 0 aliphatic heterocycles. The number of hydrogen-bond acceptors (Lipinski definition) is 1. The average molecular weight is 479 g/mol. The predicted octanol–water partition coefficient (Wildman–Crippen LogP) is 5.30. The molecule has 0 aliphatic rings. The largest absolute Gasteiger partial charge is 0.748 e. The second kappa shape index (κ2) is 10.2. The van der Waals surface area contributed by atoms with E-state index < -0.39 is 0 Å². The van der Waals surface area contributed by atoms with Gasteiger partial charge in [0, 0.05) is 28.8 Å². The van der Waals surface area contributed by atoms with Gasteiger partial charge in [-0.2, -0.15) is 12.1 Å². The minimum atomic E-state index is 0. The molecule has 0 N–H and O–H groups in total. The molecule has 18 heavy (non-hydrogen) atoms. The Morgan fingerprint density at radius 3 is 2.00 bits per heavy atom. The fourth-order valence-corrected chi connectivity index (χ4v) is 2.38. The predicted molar refractivity (Wildman–Crippen MR) is 82.2 cm³/mol. The average Bonchev–Trinajstić information content (AvgIpc) is 2.95. The van der Waals surface area contributed by atoms with Crippen molar-refractivity contribution in [2.75, 3.05) is 5.33 Å². The molecule has 2 rings (SSSR count). The van der Waals surface area contributed by atoms with Crippen LogP contribution in [0.2, 0.25) is 0 Å². The van der Waals surface area contributed by atoms with Crippen molar-refractivity contribution in [3.63, 3.8) is 0 Å². The van der Waals surface area contributed by atoms with Crippen LogP contribution >= 0.6 is 47.8 Å². The molecule has 0 saturated carbocycles. The van der Waals surface area contributed by atoms with Gasteiger partial charge in [0.25, 0.3) is 0 Å². The molecule has 2 aromatic carbocycles. The van der Waals surface area contributed by atoms with Gasteiger partial charge in [0.15, 0.2) is 0 Å². The quantitative estimate of drug-likeness (QED) is 0.253. The van der Waals surface area contributed by atoms with Crippen LogP contribution in [0.25, 0.3) is 0 Å². The van der Waals surface area contributed by atoms with E-state index in [1.54, 1.807) is 0 Å². The molecule has 2 aromatic rings. The molecular formula is C13H11Br3FeO-6. The monoisotopic (exact) mass is 476 g/mol. The van der Waals surface area contributed by atoms with Gasteiger partial charge in [0.2, 0.25) is 0 Å². The Labute approximate surface area is 143 Å². The SMILES string of the molecule is O=C(CCBr)[c-]1ccc(Br)c1Br.[Fe].[cH-]1[cH-][cH-][cH-][cH-]1. The Morgan fingerprint density at radius 1 is 1.17 bits per heavy atom. The van der Waals surface area contributed by atoms with Crippen molar-refractivity contribution in [1.82, 2.24) is 0 Å². The minimum absolute atomic E-state index is 0. The molecule has 0 saturated heterocycles. The summed E-state index contributed by atoms with van der Waals surface area (Å²) in [5, 5.41) is 0.709. The first-order chi connectivity index (χ1) is 8.16. The summed E-state index contributed by atoms with van der Waals surface area (Å²) >= 11 is 9.89. The number of carbonyl (C=O) groups excluding carboxylic acids is 1. The zero-order chi connectivity index (χ0) is 12.7. The zero-order valence-corrected chi connectivity index (χ0v) is 15.2. The summed E-state index contributed by atoms with van der Waals surface area (Å²) in [4.78, 5) is 11.4. The third-order valence-corrected chi connectivity index (χ3v) is 4.46. The van der Waals surface area contributed by atoms with Crippen molar-refractivity contribution in [2.45, 2.75) is 6.42 Å². The fourth-order valence-electron chi connectivity index (χ4n) is 1.19. The van der Waals surface area contributed by atoms with E-state index in [4.69, 9.17) is 0 Å². The van der Waals surface area contributed by atoms with Crippen LogP contribution in [0.5, 0.6) is 0 Å². The van der Waals surface area contributed by atoms with Crippen LogP contribution in [-0.2, 0) is 17.1 Å². The first-order valence-corrected chi connectivity index (χ1v) is 7.74. The van der Waals surface area contributed by atoms with Gasteiger partial charge in [-0.15, -0.1) is 20.4 Å². The number of ketones is 1. The van der Waals surface area contributed by atoms with Crippen LogP contribution < -0.4 is 0 Å². The van der Waals surface area contributed by atoms with Gasteiger partial charge in [0.05, 0.1) is 0 Å². The van der Waals surface area contributed by atoms with Gasteiger partial charge in [-0.25, -0.2) is 0 Å². The third kappa shape index (κ3) is 5.98. The number of halogens is 3. The van der Waals surface area contributed by atoms with E-state index in [9.17, 15) is 4.79 Å². The van der Waals surface area contributed by atoms with Crippen molar-refractivity contribution in [3.05, 3.63) is 57.0 Å². The number of rotatable bonds is 3. The first-order valence-electron chi connectivity index (χ1n) is 5.03. The summed E-state index contributed by atoms with van der Waals surface area (Å²) in [6, 6.07) is 13.7. The van der Waals surface area contributed by atoms with Crippen LogP contribution in [-0.4, -0.2) is 11.1 Å². The Hall–Kier alpha value is 0.329. The van der Waals surface area contributed by atoms with Crippen LogP contribution in [0.3, 0.4) is 0 Å². The molecule has 0 aromatic heterocycles. The molecule has 0 bridgehead atoms. The van der Waals surface area contributed by atoms with Gasteiger partial charge < -0.3 is 35.1 Å². The van der Waals surface area contributed by atoms with Crippen molar-refractivity contribution in [1.29, 1.82) is 0 Å². The Bertz CT molecular complexity index is 432.